The minimum atomic E-state index is -0.475. The van der Waals surface area contributed by atoms with Gasteiger partial charge in [0.2, 0.25) is 0 Å². The monoisotopic (exact) mass is 342 g/mol. The lowest BCUT2D eigenvalue weighted by Gasteiger charge is -2.13. The summed E-state index contributed by atoms with van der Waals surface area (Å²) in [6, 6.07) is 5.79. The summed E-state index contributed by atoms with van der Waals surface area (Å²) in [5.41, 5.74) is 2.13. The molecule has 0 aromatic heterocycles. The Bertz CT molecular complexity index is 447. The molecule has 6 nitrogen and oxygen atoms in total. The number of aliphatic hydroxyl groups excluding tert-OH is 3. The van der Waals surface area contributed by atoms with Crippen LogP contribution in [0.25, 0.3) is 0 Å². The standard InChI is InChI=1S/C18H30O6/c1-14(20)12-22-8-6-16-3-4-18(11-17(16)5-7-19)24-10-9-23-13-15(2)21/h3-4,11,14-15,19-21H,5-10,12-13H2,1-2H3. The summed E-state index contributed by atoms with van der Waals surface area (Å²) < 4.78 is 16.3. The fourth-order valence-corrected chi connectivity index (χ4v) is 2.20. The van der Waals surface area contributed by atoms with E-state index in [2.05, 4.69) is 0 Å². The maximum Gasteiger partial charge on any atom is 0.119 e. The van der Waals surface area contributed by atoms with Gasteiger partial charge in [0.1, 0.15) is 12.4 Å². The fourth-order valence-electron chi connectivity index (χ4n) is 2.20. The van der Waals surface area contributed by atoms with E-state index in [1.54, 1.807) is 13.8 Å². The van der Waals surface area contributed by atoms with Gasteiger partial charge in [-0.25, -0.2) is 0 Å². The van der Waals surface area contributed by atoms with Crippen molar-refractivity contribution in [2.75, 3.05) is 39.6 Å². The number of hydrogen-bond donors (Lipinski definition) is 3. The zero-order chi connectivity index (χ0) is 17.8. The molecule has 0 bridgehead atoms. The van der Waals surface area contributed by atoms with Gasteiger partial charge in [0.05, 0.1) is 38.6 Å². The molecule has 0 heterocycles. The number of aliphatic hydroxyl groups is 3. The van der Waals surface area contributed by atoms with E-state index in [0.29, 0.717) is 39.5 Å². The van der Waals surface area contributed by atoms with Gasteiger partial charge in [-0.05, 0) is 49.9 Å². The van der Waals surface area contributed by atoms with Crippen molar-refractivity contribution in [2.24, 2.45) is 0 Å². The quantitative estimate of drug-likeness (QED) is 0.462. The number of ether oxygens (including phenoxy) is 3. The zero-order valence-electron chi connectivity index (χ0n) is 14.6. The smallest absolute Gasteiger partial charge is 0.119 e. The highest BCUT2D eigenvalue weighted by Crippen LogP contribution is 2.19. The lowest BCUT2D eigenvalue weighted by molar-refractivity contribution is 0.0329. The Morgan fingerprint density at radius 2 is 1.54 bits per heavy atom. The third-order valence-electron chi connectivity index (χ3n) is 3.29. The first-order chi connectivity index (χ1) is 11.5. The van der Waals surface area contributed by atoms with Crippen molar-refractivity contribution >= 4 is 0 Å². The normalized spacial score (nSPS) is 13.7. The Balaban J connectivity index is 2.46. The Labute approximate surface area is 144 Å². The van der Waals surface area contributed by atoms with E-state index in [0.717, 1.165) is 23.3 Å². The van der Waals surface area contributed by atoms with Crippen LogP contribution in [0.1, 0.15) is 25.0 Å². The van der Waals surface area contributed by atoms with Crippen LogP contribution in [-0.2, 0) is 22.3 Å². The first-order valence-corrected chi connectivity index (χ1v) is 8.40. The van der Waals surface area contributed by atoms with Crippen molar-refractivity contribution in [3.63, 3.8) is 0 Å². The third-order valence-corrected chi connectivity index (χ3v) is 3.29. The lowest BCUT2D eigenvalue weighted by Crippen LogP contribution is -2.15. The summed E-state index contributed by atoms with van der Waals surface area (Å²) >= 11 is 0. The van der Waals surface area contributed by atoms with Crippen LogP contribution in [0.2, 0.25) is 0 Å². The molecule has 1 aromatic rings. The average Bonchev–Trinajstić information content (AvgIpc) is 2.52. The largest absolute Gasteiger partial charge is 0.491 e. The molecule has 1 aromatic carbocycles. The van der Waals surface area contributed by atoms with Crippen LogP contribution in [-0.4, -0.2) is 67.2 Å². The molecule has 6 heteroatoms. The summed E-state index contributed by atoms with van der Waals surface area (Å²) in [6.45, 7) is 5.39. The summed E-state index contributed by atoms with van der Waals surface area (Å²) in [7, 11) is 0. The Kier molecular flexibility index (Phi) is 10.6. The number of benzene rings is 1. The second-order valence-electron chi connectivity index (χ2n) is 5.85. The molecule has 0 aliphatic carbocycles. The number of rotatable bonds is 13. The van der Waals surface area contributed by atoms with Gasteiger partial charge >= 0.3 is 0 Å². The molecule has 0 aliphatic heterocycles. The summed E-state index contributed by atoms with van der Waals surface area (Å²) in [5, 5.41) is 27.5. The van der Waals surface area contributed by atoms with Crippen molar-refractivity contribution in [3.8, 4) is 5.75 Å². The number of hydrogen-bond acceptors (Lipinski definition) is 6. The Hall–Kier alpha value is -1.18. The van der Waals surface area contributed by atoms with E-state index in [9.17, 15) is 10.2 Å². The first kappa shape index (κ1) is 20.9. The summed E-state index contributed by atoms with van der Waals surface area (Å²) in [6.07, 6.45) is 0.339. The lowest BCUT2D eigenvalue weighted by atomic mass is 10.0. The maximum atomic E-state index is 9.23. The highest BCUT2D eigenvalue weighted by atomic mass is 16.5. The third kappa shape index (κ3) is 9.20. The first-order valence-electron chi connectivity index (χ1n) is 8.40. The molecule has 1 rings (SSSR count). The van der Waals surface area contributed by atoms with Gasteiger partial charge in [-0.15, -0.1) is 0 Å². The molecule has 2 unspecified atom stereocenters. The minimum absolute atomic E-state index is 0.0719. The molecule has 138 valence electrons. The fraction of sp³-hybridized carbons (Fsp3) is 0.667. The molecule has 0 saturated heterocycles. The van der Waals surface area contributed by atoms with Crippen LogP contribution in [0.3, 0.4) is 0 Å². The second kappa shape index (κ2) is 12.2. The molecule has 0 saturated carbocycles. The molecular formula is C18H30O6. The Morgan fingerprint density at radius 1 is 0.875 bits per heavy atom. The van der Waals surface area contributed by atoms with Crippen molar-refractivity contribution in [1.29, 1.82) is 0 Å². The van der Waals surface area contributed by atoms with Crippen molar-refractivity contribution < 1.29 is 29.5 Å². The van der Waals surface area contributed by atoms with Crippen molar-refractivity contribution in [2.45, 2.75) is 38.9 Å². The van der Waals surface area contributed by atoms with Crippen LogP contribution in [0, 0.1) is 0 Å². The average molecular weight is 342 g/mol. The van der Waals surface area contributed by atoms with E-state index < -0.39 is 12.2 Å². The van der Waals surface area contributed by atoms with Gasteiger partial charge in [0, 0.05) is 6.61 Å². The van der Waals surface area contributed by atoms with Crippen molar-refractivity contribution in [1.82, 2.24) is 0 Å². The van der Waals surface area contributed by atoms with E-state index in [-0.39, 0.29) is 6.61 Å². The van der Waals surface area contributed by atoms with Gasteiger partial charge < -0.3 is 29.5 Å². The van der Waals surface area contributed by atoms with Crippen LogP contribution in [0.5, 0.6) is 5.75 Å². The molecule has 2 atom stereocenters. The van der Waals surface area contributed by atoms with E-state index in [1.807, 2.05) is 18.2 Å². The van der Waals surface area contributed by atoms with Crippen LogP contribution in [0.4, 0.5) is 0 Å². The van der Waals surface area contributed by atoms with Crippen molar-refractivity contribution in [3.05, 3.63) is 29.3 Å². The predicted octanol–water partition coefficient (Wildman–Crippen LogP) is 0.938. The molecule has 24 heavy (non-hydrogen) atoms. The highest BCUT2D eigenvalue weighted by molar-refractivity contribution is 5.36. The van der Waals surface area contributed by atoms with Gasteiger partial charge in [0.25, 0.3) is 0 Å². The molecule has 3 N–H and O–H groups in total. The van der Waals surface area contributed by atoms with Gasteiger partial charge in [-0.3, -0.25) is 0 Å². The zero-order valence-corrected chi connectivity index (χ0v) is 14.6. The van der Waals surface area contributed by atoms with Gasteiger partial charge in [-0.1, -0.05) is 6.07 Å². The molecule has 0 aliphatic rings. The van der Waals surface area contributed by atoms with E-state index >= 15 is 0 Å². The van der Waals surface area contributed by atoms with E-state index in [4.69, 9.17) is 19.3 Å². The minimum Gasteiger partial charge on any atom is -0.491 e. The predicted molar refractivity (Wildman–Crippen MR) is 91.4 cm³/mol. The summed E-state index contributed by atoms with van der Waals surface area (Å²) in [5.74, 6) is 0.729. The summed E-state index contributed by atoms with van der Waals surface area (Å²) in [4.78, 5) is 0. The molecule has 0 amide bonds. The molecular weight excluding hydrogens is 312 g/mol. The molecule has 0 radical (unpaired) electrons. The van der Waals surface area contributed by atoms with Crippen LogP contribution >= 0.6 is 0 Å². The van der Waals surface area contributed by atoms with E-state index in [1.165, 1.54) is 0 Å². The molecule has 0 fully saturated rings. The molecule has 0 spiro atoms. The second-order valence-corrected chi connectivity index (χ2v) is 5.85. The topological polar surface area (TPSA) is 88.4 Å². The maximum absolute atomic E-state index is 9.23. The van der Waals surface area contributed by atoms with Crippen LogP contribution in [0.15, 0.2) is 18.2 Å². The SMILES string of the molecule is CC(O)COCCOc1ccc(CCOCC(C)O)c(CCO)c1. The van der Waals surface area contributed by atoms with Crippen LogP contribution < -0.4 is 4.74 Å². The highest BCUT2D eigenvalue weighted by Gasteiger charge is 2.06. The van der Waals surface area contributed by atoms with Gasteiger partial charge in [0.15, 0.2) is 0 Å². The van der Waals surface area contributed by atoms with Gasteiger partial charge in [-0.2, -0.15) is 0 Å². The Morgan fingerprint density at radius 3 is 2.17 bits per heavy atom.